The van der Waals surface area contributed by atoms with Gasteiger partial charge >= 0.3 is 0 Å². The summed E-state index contributed by atoms with van der Waals surface area (Å²) in [6.07, 6.45) is 0.101. The van der Waals surface area contributed by atoms with Crippen LogP contribution in [-0.4, -0.2) is 26.5 Å². The maximum absolute atomic E-state index is 13.1. The summed E-state index contributed by atoms with van der Waals surface area (Å²) in [5.74, 6) is -0.138. The number of carbonyl (C=O) groups is 1. The van der Waals surface area contributed by atoms with Gasteiger partial charge in [-0.05, 0) is 35.0 Å². The van der Waals surface area contributed by atoms with Gasteiger partial charge in [0, 0.05) is 11.3 Å². The lowest BCUT2D eigenvalue weighted by Crippen LogP contribution is -2.14. The Hall–Kier alpha value is -3.09. The molecule has 0 aliphatic carbocycles. The van der Waals surface area contributed by atoms with Crippen LogP contribution in [0.1, 0.15) is 5.56 Å². The topological polar surface area (TPSA) is 83.6 Å². The lowest BCUT2D eigenvalue weighted by molar-refractivity contribution is -0.115. The zero-order valence-corrected chi connectivity index (χ0v) is 11.5. The van der Waals surface area contributed by atoms with E-state index in [0.29, 0.717) is 17.1 Å². The second-order valence-electron chi connectivity index (χ2n) is 4.67. The van der Waals surface area contributed by atoms with Crippen molar-refractivity contribution in [2.24, 2.45) is 0 Å². The second-order valence-corrected chi connectivity index (χ2v) is 4.67. The van der Waals surface area contributed by atoms with Crippen LogP contribution in [-0.2, 0) is 11.2 Å². The van der Waals surface area contributed by atoms with E-state index >= 15 is 0 Å². The first-order valence-corrected chi connectivity index (χ1v) is 6.59. The molecule has 0 unspecified atom stereocenters. The van der Waals surface area contributed by atoms with Crippen LogP contribution in [0.3, 0.4) is 0 Å². The van der Waals surface area contributed by atoms with Gasteiger partial charge in [0.15, 0.2) is 0 Å². The van der Waals surface area contributed by atoms with Crippen LogP contribution < -0.4 is 5.32 Å². The van der Waals surface area contributed by atoms with Gasteiger partial charge in [0.25, 0.3) is 0 Å². The summed E-state index contributed by atoms with van der Waals surface area (Å²) < 4.78 is 13.1. The Morgan fingerprint density at radius 1 is 1.18 bits per heavy atom. The van der Waals surface area contributed by atoms with Crippen LogP contribution in [0.15, 0.2) is 48.5 Å². The fourth-order valence-electron chi connectivity index (χ4n) is 2.06. The van der Waals surface area contributed by atoms with Crippen molar-refractivity contribution in [3.05, 3.63) is 59.9 Å². The van der Waals surface area contributed by atoms with E-state index < -0.39 is 0 Å². The second kappa shape index (κ2) is 6.13. The van der Waals surface area contributed by atoms with E-state index in [4.69, 9.17) is 0 Å². The normalized spacial score (nSPS) is 10.4. The minimum absolute atomic E-state index is 0.101. The number of nitrogens with zero attached hydrogens (tertiary/aromatic N) is 3. The molecule has 0 aliphatic rings. The van der Waals surface area contributed by atoms with Crippen molar-refractivity contribution in [3.8, 4) is 11.4 Å². The van der Waals surface area contributed by atoms with Gasteiger partial charge in [-0.1, -0.05) is 24.3 Å². The Bertz CT molecular complexity index is 788. The first-order valence-electron chi connectivity index (χ1n) is 6.59. The molecule has 1 heterocycles. The first-order chi connectivity index (χ1) is 10.7. The molecule has 0 saturated carbocycles. The zero-order valence-electron chi connectivity index (χ0n) is 11.5. The largest absolute Gasteiger partial charge is 0.326 e. The van der Waals surface area contributed by atoms with Gasteiger partial charge in [0.1, 0.15) is 5.82 Å². The van der Waals surface area contributed by atoms with Crippen molar-refractivity contribution in [2.45, 2.75) is 6.42 Å². The molecule has 110 valence electrons. The van der Waals surface area contributed by atoms with E-state index in [1.165, 1.54) is 12.1 Å². The van der Waals surface area contributed by atoms with Crippen LogP contribution in [0, 0.1) is 5.82 Å². The number of carbonyl (C=O) groups excluding carboxylic acids is 1. The molecule has 7 heteroatoms. The molecule has 3 aromatic rings. The summed E-state index contributed by atoms with van der Waals surface area (Å²) in [5.41, 5.74) is 1.97. The van der Waals surface area contributed by atoms with Crippen molar-refractivity contribution in [3.63, 3.8) is 0 Å². The standard InChI is InChI=1S/C15H12FN5O/c16-12-5-1-3-10(7-12)8-14(22)17-13-6-2-4-11(9-13)15-18-20-21-19-15/h1-7,9H,8H2,(H,17,22)(H,18,19,20,21). The Morgan fingerprint density at radius 2 is 2.05 bits per heavy atom. The average molecular weight is 297 g/mol. The molecule has 1 aromatic heterocycles. The Labute approximate surface area is 125 Å². The van der Waals surface area contributed by atoms with Gasteiger partial charge in [-0.2, -0.15) is 5.21 Å². The highest BCUT2D eigenvalue weighted by atomic mass is 19.1. The third-order valence-corrected chi connectivity index (χ3v) is 3.00. The van der Waals surface area contributed by atoms with Crippen molar-refractivity contribution in [1.82, 2.24) is 20.6 Å². The van der Waals surface area contributed by atoms with Crippen LogP contribution in [0.2, 0.25) is 0 Å². The lowest BCUT2D eigenvalue weighted by atomic mass is 10.1. The number of rotatable bonds is 4. The quantitative estimate of drug-likeness (QED) is 0.773. The van der Waals surface area contributed by atoms with E-state index in [0.717, 1.165) is 5.56 Å². The predicted molar refractivity (Wildman–Crippen MR) is 78.3 cm³/mol. The Morgan fingerprint density at radius 3 is 2.82 bits per heavy atom. The highest BCUT2D eigenvalue weighted by Crippen LogP contribution is 2.18. The van der Waals surface area contributed by atoms with Gasteiger partial charge < -0.3 is 5.32 Å². The monoisotopic (exact) mass is 297 g/mol. The molecule has 0 fully saturated rings. The minimum atomic E-state index is -0.357. The number of tetrazole rings is 1. The summed E-state index contributed by atoms with van der Waals surface area (Å²) >= 11 is 0. The van der Waals surface area contributed by atoms with E-state index in [-0.39, 0.29) is 18.1 Å². The van der Waals surface area contributed by atoms with Crippen molar-refractivity contribution in [2.75, 3.05) is 5.32 Å². The third kappa shape index (κ3) is 3.32. The van der Waals surface area contributed by atoms with Crippen LogP contribution in [0.4, 0.5) is 10.1 Å². The smallest absolute Gasteiger partial charge is 0.228 e. The Kier molecular flexibility index (Phi) is 3.86. The molecule has 2 aromatic carbocycles. The third-order valence-electron chi connectivity index (χ3n) is 3.00. The molecule has 22 heavy (non-hydrogen) atoms. The molecule has 0 atom stereocenters. The van der Waals surface area contributed by atoms with E-state index in [2.05, 4.69) is 25.9 Å². The molecule has 2 N–H and O–H groups in total. The van der Waals surface area contributed by atoms with Gasteiger partial charge in [-0.3, -0.25) is 4.79 Å². The summed E-state index contributed by atoms with van der Waals surface area (Å²) in [6.45, 7) is 0. The number of anilines is 1. The van der Waals surface area contributed by atoms with Gasteiger partial charge in [-0.15, -0.1) is 10.2 Å². The molecule has 0 saturated heterocycles. The van der Waals surface area contributed by atoms with Crippen molar-refractivity contribution in [1.29, 1.82) is 0 Å². The van der Waals surface area contributed by atoms with E-state index in [1.54, 1.807) is 30.3 Å². The maximum atomic E-state index is 13.1. The average Bonchev–Trinajstić information content (AvgIpc) is 3.01. The number of hydrogen-bond donors (Lipinski definition) is 2. The maximum Gasteiger partial charge on any atom is 0.228 e. The number of nitrogens with one attached hydrogen (secondary N) is 2. The number of halogens is 1. The van der Waals surface area contributed by atoms with Gasteiger partial charge in [0.05, 0.1) is 6.42 Å². The zero-order chi connectivity index (χ0) is 15.4. The first kappa shape index (κ1) is 13.9. The highest BCUT2D eigenvalue weighted by Gasteiger charge is 2.07. The minimum Gasteiger partial charge on any atom is -0.326 e. The summed E-state index contributed by atoms with van der Waals surface area (Å²) in [5, 5.41) is 16.4. The van der Waals surface area contributed by atoms with Gasteiger partial charge in [0.2, 0.25) is 11.7 Å². The number of H-pyrrole nitrogens is 1. The fraction of sp³-hybridized carbons (Fsp3) is 0.0667. The number of aromatic nitrogens is 4. The number of amides is 1. The molecule has 0 bridgehead atoms. The van der Waals surface area contributed by atoms with E-state index in [9.17, 15) is 9.18 Å². The van der Waals surface area contributed by atoms with Crippen LogP contribution >= 0.6 is 0 Å². The number of aromatic amines is 1. The predicted octanol–water partition coefficient (Wildman–Crippen LogP) is 2.19. The summed E-state index contributed by atoms with van der Waals surface area (Å²) in [4.78, 5) is 12.0. The summed E-state index contributed by atoms with van der Waals surface area (Å²) in [7, 11) is 0. The van der Waals surface area contributed by atoms with Crippen LogP contribution in [0.25, 0.3) is 11.4 Å². The van der Waals surface area contributed by atoms with Crippen molar-refractivity contribution < 1.29 is 9.18 Å². The number of hydrogen-bond acceptors (Lipinski definition) is 4. The lowest BCUT2D eigenvalue weighted by Gasteiger charge is -2.06. The molecule has 0 radical (unpaired) electrons. The Balaban J connectivity index is 1.70. The fourth-order valence-corrected chi connectivity index (χ4v) is 2.06. The molecule has 0 spiro atoms. The summed E-state index contributed by atoms with van der Waals surface area (Å²) in [6, 6.07) is 13.1. The molecule has 6 nitrogen and oxygen atoms in total. The molecule has 0 aliphatic heterocycles. The van der Waals surface area contributed by atoms with Crippen molar-refractivity contribution >= 4 is 11.6 Å². The molecule has 3 rings (SSSR count). The molecular formula is C15H12FN5O. The SMILES string of the molecule is O=C(Cc1cccc(F)c1)Nc1cccc(-c2nn[nH]n2)c1. The van der Waals surface area contributed by atoms with Gasteiger partial charge in [-0.25, -0.2) is 4.39 Å². The molecular weight excluding hydrogens is 285 g/mol. The molecule has 1 amide bonds. The van der Waals surface area contributed by atoms with Crippen LogP contribution in [0.5, 0.6) is 0 Å². The highest BCUT2D eigenvalue weighted by molar-refractivity contribution is 5.92. The number of benzene rings is 2. The van der Waals surface area contributed by atoms with E-state index in [1.807, 2.05) is 6.07 Å².